The standard InChI is InChI=1S/C19H26FNO2/c1-3-23-19(22)18-15-9-10-17(16(11-15)12-20)21(18)13(2)14-7-5-4-6-8-14/h4-8,13,15-18H,3,9-12H2,1-2H3/t13-,15?,16?,17?,18+/m0/s1. The quantitative estimate of drug-likeness (QED) is 0.774. The summed E-state index contributed by atoms with van der Waals surface area (Å²) < 4.78 is 18.9. The lowest BCUT2D eigenvalue weighted by atomic mass is 9.68. The third-order valence-electron chi connectivity index (χ3n) is 5.59. The summed E-state index contributed by atoms with van der Waals surface area (Å²) in [5.41, 5.74) is 1.17. The number of rotatable bonds is 5. The summed E-state index contributed by atoms with van der Waals surface area (Å²) in [4.78, 5) is 14.8. The number of nitrogens with zero attached hydrogens (tertiary/aromatic N) is 1. The van der Waals surface area contributed by atoms with E-state index in [1.54, 1.807) is 0 Å². The number of hydrogen-bond donors (Lipinski definition) is 0. The highest BCUT2D eigenvalue weighted by atomic mass is 19.1. The van der Waals surface area contributed by atoms with E-state index in [0.29, 0.717) is 6.61 Å². The van der Waals surface area contributed by atoms with Crippen molar-refractivity contribution < 1.29 is 13.9 Å². The van der Waals surface area contributed by atoms with Gasteiger partial charge in [0.1, 0.15) is 6.04 Å². The zero-order valence-corrected chi connectivity index (χ0v) is 14.0. The Bertz CT molecular complexity index is 535. The lowest BCUT2D eigenvalue weighted by Gasteiger charge is -2.55. The number of ether oxygens (including phenoxy) is 1. The maximum absolute atomic E-state index is 13.5. The number of carbonyl (C=O) groups excluding carboxylic acids is 1. The Hall–Kier alpha value is -1.42. The van der Waals surface area contributed by atoms with Crippen molar-refractivity contribution in [2.24, 2.45) is 11.8 Å². The van der Waals surface area contributed by atoms with Gasteiger partial charge in [-0.15, -0.1) is 0 Å². The molecule has 0 aromatic heterocycles. The van der Waals surface area contributed by atoms with Gasteiger partial charge in [0.15, 0.2) is 0 Å². The molecule has 1 aromatic carbocycles. The molecule has 2 saturated heterocycles. The number of hydrogen-bond acceptors (Lipinski definition) is 3. The SMILES string of the molecule is CCOC(=O)[C@H]1C2CCC(C(CF)C2)N1[C@@H](C)c1ccccc1. The van der Waals surface area contributed by atoms with Crippen LogP contribution in [0.15, 0.2) is 30.3 Å². The maximum Gasteiger partial charge on any atom is 0.323 e. The number of alkyl halides is 1. The average Bonchev–Trinajstić information content (AvgIpc) is 2.61. The van der Waals surface area contributed by atoms with Crippen LogP contribution in [-0.2, 0) is 9.53 Å². The molecule has 3 nitrogen and oxygen atoms in total. The summed E-state index contributed by atoms with van der Waals surface area (Å²) >= 11 is 0. The van der Waals surface area contributed by atoms with Gasteiger partial charge in [-0.2, -0.15) is 0 Å². The first-order chi connectivity index (χ1) is 11.2. The molecule has 4 rings (SSSR count). The van der Waals surface area contributed by atoms with E-state index >= 15 is 0 Å². The molecular weight excluding hydrogens is 293 g/mol. The van der Waals surface area contributed by atoms with Crippen LogP contribution in [0.5, 0.6) is 0 Å². The van der Waals surface area contributed by atoms with Crippen molar-refractivity contribution in [3.05, 3.63) is 35.9 Å². The predicted octanol–water partition coefficient (Wildman–Crippen LogP) is 3.75. The minimum Gasteiger partial charge on any atom is -0.465 e. The first-order valence-electron chi connectivity index (χ1n) is 8.72. The number of halogens is 1. The van der Waals surface area contributed by atoms with Gasteiger partial charge < -0.3 is 4.74 Å². The van der Waals surface area contributed by atoms with Crippen molar-refractivity contribution >= 4 is 5.97 Å². The van der Waals surface area contributed by atoms with Gasteiger partial charge in [-0.3, -0.25) is 14.1 Å². The minimum absolute atomic E-state index is 0.0468. The Morgan fingerprint density at radius 1 is 1.35 bits per heavy atom. The van der Waals surface area contributed by atoms with Crippen molar-refractivity contribution in [1.29, 1.82) is 0 Å². The zero-order chi connectivity index (χ0) is 16.4. The van der Waals surface area contributed by atoms with Crippen molar-refractivity contribution in [3.8, 4) is 0 Å². The second-order valence-corrected chi connectivity index (χ2v) is 6.79. The van der Waals surface area contributed by atoms with E-state index in [4.69, 9.17) is 4.74 Å². The largest absolute Gasteiger partial charge is 0.465 e. The van der Waals surface area contributed by atoms with Gasteiger partial charge >= 0.3 is 5.97 Å². The van der Waals surface area contributed by atoms with Gasteiger partial charge in [0.25, 0.3) is 0 Å². The highest BCUT2D eigenvalue weighted by Crippen LogP contribution is 2.47. The zero-order valence-electron chi connectivity index (χ0n) is 14.0. The van der Waals surface area contributed by atoms with E-state index in [9.17, 15) is 9.18 Å². The van der Waals surface area contributed by atoms with E-state index < -0.39 is 0 Å². The molecule has 5 atom stereocenters. The molecule has 126 valence electrons. The van der Waals surface area contributed by atoms with Crippen LogP contribution in [0.1, 0.15) is 44.7 Å². The predicted molar refractivity (Wildman–Crippen MR) is 87.7 cm³/mol. The lowest BCUT2D eigenvalue weighted by Crippen LogP contribution is -2.62. The molecule has 1 aromatic rings. The summed E-state index contributed by atoms with van der Waals surface area (Å²) in [6.07, 6.45) is 2.79. The molecule has 0 N–H and O–H groups in total. The second kappa shape index (κ2) is 7.00. The van der Waals surface area contributed by atoms with Gasteiger partial charge in [-0.05, 0) is 44.6 Å². The van der Waals surface area contributed by atoms with Crippen LogP contribution in [0, 0.1) is 11.8 Å². The first kappa shape index (κ1) is 16.4. The van der Waals surface area contributed by atoms with Crippen molar-refractivity contribution in [2.45, 2.75) is 51.2 Å². The maximum atomic E-state index is 13.5. The molecule has 0 amide bonds. The van der Waals surface area contributed by atoms with Crippen LogP contribution >= 0.6 is 0 Å². The van der Waals surface area contributed by atoms with Crippen LogP contribution in [0.4, 0.5) is 4.39 Å². The second-order valence-electron chi connectivity index (χ2n) is 6.79. The van der Waals surface area contributed by atoms with Gasteiger partial charge in [0, 0.05) is 18.0 Å². The van der Waals surface area contributed by atoms with Crippen LogP contribution in [0.2, 0.25) is 0 Å². The molecule has 3 fully saturated rings. The third kappa shape index (κ3) is 3.01. The Morgan fingerprint density at radius 3 is 2.74 bits per heavy atom. The molecular formula is C19H26FNO2. The molecule has 4 heteroatoms. The number of benzene rings is 1. The normalized spacial score (nSPS) is 31.8. The van der Waals surface area contributed by atoms with Crippen LogP contribution < -0.4 is 0 Å². The van der Waals surface area contributed by atoms with E-state index in [0.717, 1.165) is 19.3 Å². The fourth-order valence-electron chi connectivity index (χ4n) is 4.55. The summed E-state index contributed by atoms with van der Waals surface area (Å²) in [5.74, 6) is 0.124. The number of piperidine rings is 2. The number of carbonyl (C=O) groups is 1. The fourth-order valence-corrected chi connectivity index (χ4v) is 4.55. The van der Waals surface area contributed by atoms with Crippen LogP contribution in [0.25, 0.3) is 0 Å². The van der Waals surface area contributed by atoms with Gasteiger partial charge in [0.2, 0.25) is 0 Å². The first-order valence-corrected chi connectivity index (χ1v) is 8.72. The van der Waals surface area contributed by atoms with Crippen molar-refractivity contribution in [3.63, 3.8) is 0 Å². The van der Waals surface area contributed by atoms with Gasteiger partial charge in [-0.1, -0.05) is 30.3 Å². The van der Waals surface area contributed by atoms with Gasteiger partial charge in [0.05, 0.1) is 13.3 Å². The van der Waals surface area contributed by atoms with E-state index in [1.165, 1.54) is 5.56 Å². The summed E-state index contributed by atoms with van der Waals surface area (Å²) in [6.45, 7) is 4.06. The Labute approximate surface area is 137 Å². The highest BCUT2D eigenvalue weighted by molar-refractivity contribution is 5.76. The van der Waals surface area contributed by atoms with E-state index in [-0.39, 0.29) is 42.6 Å². The van der Waals surface area contributed by atoms with Crippen LogP contribution in [0.3, 0.4) is 0 Å². The van der Waals surface area contributed by atoms with Crippen LogP contribution in [-0.4, -0.2) is 36.2 Å². The van der Waals surface area contributed by atoms with Gasteiger partial charge in [-0.25, -0.2) is 0 Å². The Kier molecular flexibility index (Phi) is 5.00. The summed E-state index contributed by atoms with van der Waals surface area (Å²) in [5, 5.41) is 0. The van der Waals surface area contributed by atoms with Crippen molar-refractivity contribution in [2.75, 3.05) is 13.3 Å². The summed E-state index contributed by atoms with van der Waals surface area (Å²) in [7, 11) is 0. The Morgan fingerprint density at radius 2 is 2.09 bits per heavy atom. The molecule has 1 aliphatic carbocycles. The molecule has 1 saturated carbocycles. The molecule has 23 heavy (non-hydrogen) atoms. The molecule has 0 radical (unpaired) electrons. The summed E-state index contributed by atoms with van der Waals surface area (Å²) in [6, 6.07) is 10.2. The molecule has 3 unspecified atom stereocenters. The lowest BCUT2D eigenvalue weighted by molar-refractivity contribution is -0.166. The monoisotopic (exact) mass is 319 g/mol. The third-order valence-corrected chi connectivity index (χ3v) is 5.59. The number of esters is 1. The topological polar surface area (TPSA) is 29.5 Å². The molecule has 2 bridgehead atoms. The minimum atomic E-state index is -0.297. The molecule has 3 aliphatic rings. The molecule has 0 spiro atoms. The number of fused-ring (bicyclic) bond motifs is 3. The molecule has 2 aliphatic heterocycles. The highest BCUT2D eigenvalue weighted by Gasteiger charge is 2.51. The Balaban J connectivity index is 1.92. The fraction of sp³-hybridized carbons (Fsp3) is 0.632. The van der Waals surface area contributed by atoms with Crippen molar-refractivity contribution in [1.82, 2.24) is 4.90 Å². The van der Waals surface area contributed by atoms with E-state index in [1.807, 2.05) is 25.1 Å². The smallest absolute Gasteiger partial charge is 0.323 e. The van der Waals surface area contributed by atoms with E-state index in [2.05, 4.69) is 24.0 Å². The molecule has 2 heterocycles. The average molecular weight is 319 g/mol.